The van der Waals surface area contributed by atoms with Crippen LogP contribution in [-0.2, 0) is 0 Å². The summed E-state index contributed by atoms with van der Waals surface area (Å²) in [6, 6.07) is 4.37. The average Bonchev–Trinajstić information content (AvgIpc) is 3.19. The minimum absolute atomic E-state index is 0.390. The number of pyridine rings is 2. The van der Waals surface area contributed by atoms with E-state index in [0.29, 0.717) is 16.8 Å². The largest absolute Gasteiger partial charge is 0.368 e. The second-order valence-corrected chi connectivity index (χ2v) is 6.43. The summed E-state index contributed by atoms with van der Waals surface area (Å²) < 4.78 is 0. The third-order valence-electron chi connectivity index (χ3n) is 4.55. The van der Waals surface area contributed by atoms with Crippen molar-refractivity contribution in [1.29, 1.82) is 5.26 Å². The first-order chi connectivity index (χ1) is 11.7. The van der Waals surface area contributed by atoms with Gasteiger partial charge in [0.2, 0.25) is 0 Å². The van der Waals surface area contributed by atoms with Gasteiger partial charge in [0.1, 0.15) is 17.4 Å². The number of H-pyrrole nitrogens is 1. The maximum Gasteiger partial charge on any atom is 0.141 e. The summed E-state index contributed by atoms with van der Waals surface area (Å²) in [6.45, 7) is 4.94. The van der Waals surface area contributed by atoms with E-state index in [9.17, 15) is 0 Å². The molecule has 1 fully saturated rings. The lowest BCUT2D eigenvalue weighted by atomic mass is 10.1. The lowest BCUT2D eigenvalue weighted by molar-refractivity contribution is 0.572. The Morgan fingerprint density at radius 1 is 1.46 bits per heavy atom. The molecule has 0 bridgehead atoms. The summed E-state index contributed by atoms with van der Waals surface area (Å²) >= 11 is 6.52. The van der Waals surface area contributed by atoms with Gasteiger partial charge in [0.05, 0.1) is 34.0 Å². The van der Waals surface area contributed by atoms with Crippen molar-refractivity contribution in [2.24, 2.45) is 0 Å². The molecule has 1 atom stereocenters. The van der Waals surface area contributed by atoms with Crippen molar-refractivity contribution < 1.29 is 0 Å². The Hall–Kier alpha value is -2.36. The van der Waals surface area contributed by atoms with Gasteiger partial charge in [0.15, 0.2) is 0 Å². The molecule has 24 heavy (non-hydrogen) atoms. The molecule has 3 aromatic rings. The molecule has 1 saturated heterocycles. The van der Waals surface area contributed by atoms with Gasteiger partial charge in [-0.1, -0.05) is 18.5 Å². The molecule has 0 unspecified atom stereocenters. The van der Waals surface area contributed by atoms with Gasteiger partial charge in [0.25, 0.3) is 0 Å². The molecule has 1 aliphatic rings. The van der Waals surface area contributed by atoms with Gasteiger partial charge in [-0.15, -0.1) is 0 Å². The van der Waals surface area contributed by atoms with E-state index < -0.39 is 0 Å². The van der Waals surface area contributed by atoms with Crippen LogP contribution in [0, 0.1) is 11.3 Å². The smallest absolute Gasteiger partial charge is 0.141 e. The number of nitrogens with zero attached hydrogens (tertiary/aromatic N) is 4. The molecule has 3 aromatic heterocycles. The topological polar surface area (TPSA) is 80.6 Å². The van der Waals surface area contributed by atoms with Crippen LogP contribution in [0.3, 0.4) is 0 Å². The number of halogens is 1. The molecule has 0 aromatic carbocycles. The van der Waals surface area contributed by atoms with Crippen LogP contribution < -0.4 is 10.2 Å². The number of nitrogens with one attached hydrogen (secondary N) is 2. The maximum atomic E-state index is 9.15. The molecule has 4 rings (SSSR count). The zero-order chi connectivity index (χ0) is 16.7. The Morgan fingerprint density at radius 2 is 2.33 bits per heavy atom. The fraction of sp³-hybridized carbons (Fsp3) is 0.353. The predicted molar refractivity (Wildman–Crippen MR) is 95.4 cm³/mol. The number of aromatic amines is 1. The summed E-state index contributed by atoms with van der Waals surface area (Å²) in [4.78, 5) is 14.1. The fourth-order valence-corrected chi connectivity index (χ4v) is 3.77. The van der Waals surface area contributed by atoms with E-state index in [1.807, 2.05) is 0 Å². The minimum Gasteiger partial charge on any atom is -0.368 e. The van der Waals surface area contributed by atoms with Crippen LogP contribution in [0.2, 0.25) is 5.02 Å². The van der Waals surface area contributed by atoms with Crippen LogP contribution in [0.15, 0.2) is 18.5 Å². The first-order valence-corrected chi connectivity index (χ1v) is 8.43. The Bertz CT molecular complexity index is 957. The van der Waals surface area contributed by atoms with Gasteiger partial charge < -0.3 is 15.2 Å². The SMILES string of the molecule is CCN[C@H]1CCN(c2c(Cl)cnc3[nH]c4cnc(C#N)cc4c23)C1. The van der Waals surface area contributed by atoms with Gasteiger partial charge in [-0.2, -0.15) is 5.26 Å². The highest BCUT2D eigenvalue weighted by molar-refractivity contribution is 6.35. The number of anilines is 1. The van der Waals surface area contributed by atoms with Gasteiger partial charge in [-0.05, 0) is 19.0 Å². The van der Waals surface area contributed by atoms with Crippen molar-refractivity contribution in [3.8, 4) is 6.07 Å². The molecular weight excluding hydrogens is 324 g/mol. The highest BCUT2D eigenvalue weighted by Gasteiger charge is 2.26. The van der Waals surface area contributed by atoms with E-state index in [1.54, 1.807) is 18.5 Å². The lowest BCUT2D eigenvalue weighted by Crippen LogP contribution is -2.32. The number of nitriles is 1. The number of hydrogen-bond acceptors (Lipinski definition) is 5. The molecule has 6 nitrogen and oxygen atoms in total. The second kappa shape index (κ2) is 5.93. The molecule has 0 saturated carbocycles. The van der Waals surface area contributed by atoms with Gasteiger partial charge in [0, 0.05) is 24.5 Å². The van der Waals surface area contributed by atoms with Crippen molar-refractivity contribution in [1.82, 2.24) is 20.3 Å². The second-order valence-electron chi connectivity index (χ2n) is 6.02. The quantitative estimate of drug-likeness (QED) is 0.766. The number of fused-ring (bicyclic) bond motifs is 3. The number of rotatable bonds is 3. The van der Waals surface area contributed by atoms with E-state index in [-0.39, 0.29) is 0 Å². The Labute approximate surface area is 144 Å². The monoisotopic (exact) mass is 340 g/mol. The highest BCUT2D eigenvalue weighted by atomic mass is 35.5. The Kier molecular flexibility index (Phi) is 3.75. The molecule has 2 N–H and O–H groups in total. The van der Waals surface area contributed by atoms with Crippen LogP contribution in [0.5, 0.6) is 0 Å². The van der Waals surface area contributed by atoms with Crippen molar-refractivity contribution in [2.75, 3.05) is 24.5 Å². The standard InChI is InChI=1S/C17H17ClN6/c1-2-20-10-3-4-24(9-10)16-13(18)7-22-17-15(16)12-5-11(6-19)21-8-14(12)23-17/h5,7-8,10,20H,2-4,9H2,1H3,(H,22,23)/t10-/m0/s1. The summed E-state index contributed by atoms with van der Waals surface area (Å²) in [6.07, 6.45) is 4.45. The van der Waals surface area contributed by atoms with Crippen LogP contribution in [0.1, 0.15) is 19.0 Å². The van der Waals surface area contributed by atoms with Crippen molar-refractivity contribution >= 4 is 39.2 Å². The highest BCUT2D eigenvalue weighted by Crippen LogP contribution is 2.39. The van der Waals surface area contributed by atoms with Gasteiger partial charge >= 0.3 is 0 Å². The van der Waals surface area contributed by atoms with Gasteiger partial charge in [-0.3, -0.25) is 0 Å². The van der Waals surface area contributed by atoms with E-state index in [4.69, 9.17) is 16.9 Å². The van der Waals surface area contributed by atoms with Crippen LogP contribution >= 0.6 is 11.6 Å². The van der Waals surface area contributed by atoms with Crippen LogP contribution in [0.4, 0.5) is 5.69 Å². The zero-order valence-electron chi connectivity index (χ0n) is 13.3. The number of aromatic nitrogens is 3. The first kappa shape index (κ1) is 15.2. The molecule has 0 radical (unpaired) electrons. The van der Waals surface area contributed by atoms with Gasteiger partial charge in [-0.25, -0.2) is 9.97 Å². The maximum absolute atomic E-state index is 9.15. The number of likely N-dealkylation sites (N-methyl/N-ethyl adjacent to an activating group) is 1. The van der Waals surface area contributed by atoms with E-state index >= 15 is 0 Å². The van der Waals surface area contributed by atoms with Crippen molar-refractivity contribution in [3.05, 3.63) is 29.2 Å². The molecule has 7 heteroatoms. The van der Waals surface area contributed by atoms with Crippen LogP contribution in [-0.4, -0.2) is 40.6 Å². The van der Waals surface area contributed by atoms with E-state index in [2.05, 4.69) is 38.2 Å². The Balaban J connectivity index is 1.91. The molecule has 0 aliphatic carbocycles. The summed E-state index contributed by atoms with van der Waals surface area (Å²) in [5.41, 5.74) is 3.01. The third kappa shape index (κ3) is 2.37. The molecular formula is C17H17ClN6. The summed E-state index contributed by atoms with van der Waals surface area (Å²) in [5, 5.41) is 15.2. The molecule has 0 amide bonds. The Morgan fingerprint density at radius 3 is 3.12 bits per heavy atom. The van der Waals surface area contributed by atoms with Crippen LogP contribution in [0.25, 0.3) is 21.9 Å². The predicted octanol–water partition coefficient (Wildman–Crippen LogP) is 2.82. The van der Waals surface area contributed by atoms with E-state index in [1.165, 1.54) is 0 Å². The van der Waals surface area contributed by atoms with Crippen molar-refractivity contribution in [3.63, 3.8) is 0 Å². The fourth-order valence-electron chi connectivity index (χ4n) is 3.51. The first-order valence-electron chi connectivity index (χ1n) is 8.05. The average molecular weight is 341 g/mol. The van der Waals surface area contributed by atoms with E-state index in [0.717, 1.165) is 53.7 Å². The normalized spacial score (nSPS) is 17.7. The summed E-state index contributed by atoms with van der Waals surface area (Å²) in [7, 11) is 0. The molecule has 122 valence electrons. The molecule has 4 heterocycles. The lowest BCUT2D eigenvalue weighted by Gasteiger charge is -2.21. The zero-order valence-corrected chi connectivity index (χ0v) is 14.1. The molecule has 0 spiro atoms. The van der Waals surface area contributed by atoms with Crippen molar-refractivity contribution in [2.45, 2.75) is 19.4 Å². The molecule has 1 aliphatic heterocycles. The third-order valence-corrected chi connectivity index (χ3v) is 4.82. The number of hydrogen-bond donors (Lipinski definition) is 2. The minimum atomic E-state index is 0.390. The summed E-state index contributed by atoms with van der Waals surface area (Å²) in [5.74, 6) is 0.